The lowest BCUT2D eigenvalue weighted by Gasteiger charge is -2.13. The van der Waals surface area contributed by atoms with Gasteiger partial charge < -0.3 is 5.32 Å². The molecule has 96 valence electrons. The van der Waals surface area contributed by atoms with E-state index >= 15 is 0 Å². The molecule has 0 amide bonds. The van der Waals surface area contributed by atoms with Crippen LogP contribution in [0.25, 0.3) is 0 Å². The van der Waals surface area contributed by atoms with E-state index in [0.29, 0.717) is 6.04 Å². The maximum Gasteiger partial charge on any atom is 0.0925 e. The van der Waals surface area contributed by atoms with Crippen LogP contribution in [0.4, 0.5) is 0 Å². The maximum atomic E-state index is 4.38. The summed E-state index contributed by atoms with van der Waals surface area (Å²) in [6.07, 6.45) is 3.01. The molecule has 1 heterocycles. The van der Waals surface area contributed by atoms with Crippen LogP contribution in [-0.4, -0.2) is 4.98 Å². The summed E-state index contributed by atoms with van der Waals surface area (Å²) in [6, 6.07) is 9.08. The van der Waals surface area contributed by atoms with Gasteiger partial charge in [-0.2, -0.15) is 0 Å². The first kappa shape index (κ1) is 13.2. The lowest BCUT2D eigenvalue weighted by atomic mass is 10.1. The highest BCUT2D eigenvalue weighted by Gasteiger charge is 2.06. The van der Waals surface area contributed by atoms with Gasteiger partial charge >= 0.3 is 0 Å². The molecule has 0 spiro atoms. The lowest BCUT2D eigenvalue weighted by molar-refractivity contribution is 0.578. The van der Waals surface area contributed by atoms with E-state index in [-0.39, 0.29) is 0 Å². The van der Waals surface area contributed by atoms with Crippen molar-refractivity contribution in [1.29, 1.82) is 0 Å². The molecule has 0 aliphatic heterocycles. The van der Waals surface area contributed by atoms with Crippen molar-refractivity contribution < 1.29 is 0 Å². The molecule has 0 aliphatic rings. The zero-order chi connectivity index (χ0) is 13.0. The Morgan fingerprint density at radius 1 is 1.28 bits per heavy atom. The number of aromatic nitrogens is 1. The van der Waals surface area contributed by atoms with Gasteiger partial charge in [-0.05, 0) is 25.8 Å². The third kappa shape index (κ3) is 3.40. The monoisotopic (exact) mass is 260 g/mol. The minimum atomic E-state index is 0.373. The van der Waals surface area contributed by atoms with Gasteiger partial charge in [0, 0.05) is 23.7 Å². The molecule has 0 saturated heterocycles. The summed E-state index contributed by atoms with van der Waals surface area (Å²) in [5, 5.41) is 4.76. The molecule has 2 nitrogen and oxygen atoms in total. The van der Waals surface area contributed by atoms with Crippen LogP contribution in [0.3, 0.4) is 0 Å². The van der Waals surface area contributed by atoms with Crippen molar-refractivity contribution in [2.24, 2.45) is 0 Å². The largest absolute Gasteiger partial charge is 0.305 e. The number of nitrogens with zero attached hydrogens (tertiary/aromatic N) is 1. The first-order valence-electron chi connectivity index (χ1n) is 6.42. The number of thiazole rings is 1. The Morgan fingerprint density at radius 2 is 2.00 bits per heavy atom. The number of hydrogen-bond donors (Lipinski definition) is 1. The molecule has 1 aromatic heterocycles. The van der Waals surface area contributed by atoms with Gasteiger partial charge in [0.05, 0.1) is 5.01 Å². The Bertz CT molecular complexity index is 487. The van der Waals surface area contributed by atoms with E-state index in [1.807, 2.05) is 6.20 Å². The molecule has 1 atom stereocenters. The molecule has 2 rings (SSSR count). The highest BCUT2D eigenvalue weighted by atomic mass is 32.1. The fourth-order valence-electron chi connectivity index (χ4n) is 1.82. The highest BCUT2D eigenvalue weighted by Crippen LogP contribution is 2.17. The van der Waals surface area contributed by atoms with Gasteiger partial charge in [0.25, 0.3) is 0 Å². The number of rotatable bonds is 5. The summed E-state index contributed by atoms with van der Waals surface area (Å²) in [4.78, 5) is 5.69. The molecule has 0 saturated carbocycles. The molecule has 0 fully saturated rings. The predicted molar refractivity (Wildman–Crippen MR) is 77.9 cm³/mol. The fraction of sp³-hybridized carbons (Fsp3) is 0.400. The molecule has 18 heavy (non-hydrogen) atoms. The molecule has 1 N–H and O–H groups in total. The van der Waals surface area contributed by atoms with Crippen LogP contribution in [0.15, 0.2) is 30.5 Å². The van der Waals surface area contributed by atoms with Crippen LogP contribution in [0.2, 0.25) is 0 Å². The Balaban J connectivity index is 1.91. The molecule has 3 heteroatoms. The van der Waals surface area contributed by atoms with Crippen LogP contribution < -0.4 is 5.32 Å². The topological polar surface area (TPSA) is 24.9 Å². The Morgan fingerprint density at radius 3 is 2.61 bits per heavy atom. The van der Waals surface area contributed by atoms with E-state index in [9.17, 15) is 0 Å². The van der Waals surface area contributed by atoms with Crippen molar-refractivity contribution >= 4 is 11.3 Å². The van der Waals surface area contributed by atoms with Crippen molar-refractivity contribution in [2.75, 3.05) is 0 Å². The van der Waals surface area contributed by atoms with Crippen LogP contribution in [0.5, 0.6) is 0 Å². The van der Waals surface area contributed by atoms with Crippen molar-refractivity contribution in [3.05, 3.63) is 51.5 Å². The van der Waals surface area contributed by atoms with Gasteiger partial charge in [-0.25, -0.2) is 4.98 Å². The lowest BCUT2D eigenvalue weighted by Crippen LogP contribution is -2.17. The van der Waals surface area contributed by atoms with Gasteiger partial charge in [-0.1, -0.05) is 36.8 Å². The molecule has 0 radical (unpaired) electrons. The van der Waals surface area contributed by atoms with Crippen molar-refractivity contribution in [1.82, 2.24) is 10.3 Å². The third-order valence-electron chi connectivity index (χ3n) is 3.06. The first-order valence-corrected chi connectivity index (χ1v) is 7.24. The third-order valence-corrected chi connectivity index (χ3v) is 4.21. The predicted octanol–water partition coefficient (Wildman–Crippen LogP) is 3.86. The second kappa shape index (κ2) is 6.12. The van der Waals surface area contributed by atoms with Gasteiger partial charge in [0.15, 0.2) is 0 Å². The van der Waals surface area contributed by atoms with E-state index in [0.717, 1.165) is 13.0 Å². The van der Waals surface area contributed by atoms with E-state index in [1.165, 1.54) is 21.0 Å². The van der Waals surface area contributed by atoms with Crippen molar-refractivity contribution in [2.45, 2.75) is 39.8 Å². The molecular weight excluding hydrogens is 240 g/mol. The summed E-state index contributed by atoms with van der Waals surface area (Å²) in [5.41, 5.74) is 2.64. The molecule has 0 bridgehead atoms. The Kier molecular flexibility index (Phi) is 4.50. The van der Waals surface area contributed by atoms with E-state index in [4.69, 9.17) is 0 Å². The molecule has 2 aromatic rings. The average Bonchev–Trinajstić information content (AvgIpc) is 2.85. The smallest absolute Gasteiger partial charge is 0.0925 e. The maximum absolute atomic E-state index is 4.38. The molecular formula is C15H20N2S. The summed E-state index contributed by atoms with van der Waals surface area (Å²) >= 11 is 1.80. The number of aryl methyl sites for hydroxylation is 2. The van der Waals surface area contributed by atoms with E-state index in [1.54, 1.807) is 11.3 Å². The Hall–Kier alpha value is -1.19. The molecule has 0 aliphatic carbocycles. The minimum absolute atomic E-state index is 0.373. The van der Waals surface area contributed by atoms with Crippen LogP contribution in [0, 0.1) is 6.92 Å². The summed E-state index contributed by atoms with van der Waals surface area (Å²) in [7, 11) is 0. The standard InChI is InChI=1S/C15H20N2S/c1-4-15-17-10-14(18-15)9-16-12(3)13-7-5-11(2)6-8-13/h5-8,10,12,16H,4,9H2,1-3H3/t12-/m1/s1. The zero-order valence-corrected chi connectivity index (χ0v) is 12.1. The van der Waals surface area contributed by atoms with E-state index in [2.05, 4.69) is 55.3 Å². The van der Waals surface area contributed by atoms with Gasteiger partial charge in [-0.15, -0.1) is 11.3 Å². The van der Waals surface area contributed by atoms with E-state index < -0.39 is 0 Å². The quantitative estimate of drug-likeness (QED) is 0.883. The zero-order valence-electron chi connectivity index (χ0n) is 11.2. The second-order valence-electron chi connectivity index (χ2n) is 4.59. The summed E-state index contributed by atoms with van der Waals surface area (Å²) in [6.45, 7) is 7.36. The number of nitrogens with one attached hydrogen (secondary N) is 1. The van der Waals surface area contributed by atoms with Crippen LogP contribution >= 0.6 is 11.3 Å². The van der Waals surface area contributed by atoms with Crippen LogP contribution in [-0.2, 0) is 13.0 Å². The van der Waals surface area contributed by atoms with Gasteiger partial charge in [0.1, 0.15) is 0 Å². The summed E-state index contributed by atoms with van der Waals surface area (Å²) in [5.74, 6) is 0. The van der Waals surface area contributed by atoms with Crippen LogP contribution in [0.1, 0.15) is 40.9 Å². The molecule has 1 aromatic carbocycles. The SMILES string of the molecule is CCc1ncc(CN[C@H](C)c2ccc(C)cc2)s1. The minimum Gasteiger partial charge on any atom is -0.305 e. The van der Waals surface area contributed by atoms with Crippen molar-refractivity contribution in [3.8, 4) is 0 Å². The van der Waals surface area contributed by atoms with Gasteiger partial charge in [-0.3, -0.25) is 0 Å². The number of benzene rings is 1. The summed E-state index contributed by atoms with van der Waals surface area (Å²) < 4.78 is 0. The Labute approximate surface area is 113 Å². The first-order chi connectivity index (χ1) is 8.69. The average molecular weight is 260 g/mol. The highest BCUT2D eigenvalue weighted by molar-refractivity contribution is 7.11. The van der Waals surface area contributed by atoms with Gasteiger partial charge in [0.2, 0.25) is 0 Å². The normalized spacial score (nSPS) is 12.6. The molecule has 0 unspecified atom stereocenters. The second-order valence-corrected chi connectivity index (χ2v) is 5.79. The van der Waals surface area contributed by atoms with Crippen molar-refractivity contribution in [3.63, 3.8) is 0 Å². The fourth-order valence-corrected chi connectivity index (χ4v) is 2.63. The number of hydrogen-bond acceptors (Lipinski definition) is 3.